The minimum absolute atomic E-state index is 0. The lowest BCUT2D eigenvalue weighted by Gasteiger charge is -2.20. The van der Waals surface area contributed by atoms with Crippen molar-refractivity contribution in [3.63, 3.8) is 0 Å². The van der Waals surface area contributed by atoms with E-state index >= 15 is 0 Å². The van der Waals surface area contributed by atoms with E-state index in [9.17, 15) is 0 Å². The molecule has 1 aliphatic rings. The molecule has 1 aliphatic heterocycles. The molecule has 0 radical (unpaired) electrons. The first-order valence-electron chi connectivity index (χ1n) is 11.9. The summed E-state index contributed by atoms with van der Waals surface area (Å²) >= 11 is 0. The molecule has 2 N–H and O–H groups in total. The third-order valence-electron chi connectivity index (χ3n) is 6.02. The summed E-state index contributed by atoms with van der Waals surface area (Å²) in [6.07, 6.45) is 5.66. The minimum Gasteiger partial charge on any atom is -0.357 e. The Kier molecular flexibility index (Phi) is 10.2. The quantitative estimate of drug-likeness (QED) is 0.239. The van der Waals surface area contributed by atoms with Gasteiger partial charge in [0, 0.05) is 32.0 Å². The van der Waals surface area contributed by atoms with E-state index in [0.29, 0.717) is 12.5 Å². The monoisotopic (exact) mass is 558 g/mol. The molecule has 176 valence electrons. The van der Waals surface area contributed by atoms with Crippen molar-refractivity contribution in [1.29, 1.82) is 0 Å². The lowest BCUT2D eigenvalue weighted by Crippen LogP contribution is -2.39. The van der Waals surface area contributed by atoms with Crippen LogP contribution in [0.5, 0.6) is 0 Å². The molecule has 6 nitrogen and oxygen atoms in total. The van der Waals surface area contributed by atoms with Crippen molar-refractivity contribution in [2.45, 2.75) is 58.0 Å². The van der Waals surface area contributed by atoms with Crippen molar-refractivity contribution >= 4 is 29.9 Å². The van der Waals surface area contributed by atoms with E-state index in [1.807, 2.05) is 0 Å². The summed E-state index contributed by atoms with van der Waals surface area (Å²) in [5, 5.41) is 15.8. The van der Waals surface area contributed by atoms with Crippen molar-refractivity contribution in [3.8, 4) is 0 Å². The zero-order valence-corrected chi connectivity index (χ0v) is 21.7. The molecule has 33 heavy (non-hydrogen) atoms. The molecule has 0 fully saturated rings. The van der Waals surface area contributed by atoms with Crippen LogP contribution in [0.15, 0.2) is 65.7 Å². The zero-order valence-electron chi connectivity index (χ0n) is 19.4. The second-order valence-corrected chi connectivity index (χ2v) is 8.37. The third-order valence-corrected chi connectivity index (χ3v) is 6.02. The predicted octanol–water partition coefficient (Wildman–Crippen LogP) is 4.70. The fourth-order valence-corrected chi connectivity index (χ4v) is 4.31. The van der Waals surface area contributed by atoms with Crippen molar-refractivity contribution in [1.82, 2.24) is 25.4 Å². The first-order valence-corrected chi connectivity index (χ1v) is 11.9. The minimum atomic E-state index is 0. The molecule has 2 aromatic carbocycles. The standard InChI is InChI=1S/C26H34N6.HI/c1-2-27-26(29-20-25-31-30-24-16-10-5-11-17-32(24)25)28-19-23(22-14-8-4-9-15-22)18-21-12-6-3-7-13-21;/h3-4,6-9,12-15,23H,2,5,10-11,16-20H2,1H3,(H2,27,28,29);1H. The van der Waals surface area contributed by atoms with Crippen molar-refractivity contribution < 1.29 is 0 Å². The molecule has 0 bridgehead atoms. The molecule has 1 unspecified atom stereocenters. The summed E-state index contributed by atoms with van der Waals surface area (Å²) in [7, 11) is 0. The number of rotatable bonds is 8. The number of aromatic nitrogens is 3. The number of fused-ring (bicyclic) bond motifs is 1. The highest BCUT2D eigenvalue weighted by Crippen LogP contribution is 2.20. The van der Waals surface area contributed by atoms with Crippen LogP contribution in [0.1, 0.15) is 54.9 Å². The van der Waals surface area contributed by atoms with Crippen LogP contribution in [-0.4, -0.2) is 33.8 Å². The SMILES string of the molecule is CCNC(=NCc1nnc2n1CCCCC2)NCC(Cc1ccccc1)c1ccccc1.I. The van der Waals surface area contributed by atoms with Crippen LogP contribution in [0.2, 0.25) is 0 Å². The fourth-order valence-electron chi connectivity index (χ4n) is 4.31. The van der Waals surface area contributed by atoms with Crippen LogP contribution < -0.4 is 10.6 Å². The molecule has 0 amide bonds. The van der Waals surface area contributed by atoms with Gasteiger partial charge < -0.3 is 15.2 Å². The lowest BCUT2D eigenvalue weighted by atomic mass is 9.92. The maximum Gasteiger partial charge on any atom is 0.191 e. The Morgan fingerprint density at radius 3 is 2.48 bits per heavy atom. The van der Waals surface area contributed by atoms with Gasteiger partial charge in [-0.2, -0.15) is 0 Å². The summed E-state index contributed by atoms with van der Waals surface area (Å²) in [6, 6.07) is 21.4. The Balaban J connectivity index is 0.00000306. The molecular weight excluding hydrogens is 523 g/mol. The first kappa shape index (κ1) is 25.2. The van der Waals surface area contributed by atoms with Gasteiger partial charge in [0.05, 0.1) is 0 Å². The van der Waals surface area contributed by atoms with E-state index < -0.39 is 0 Å². The van der Waals surface area contributed by atoms with Gasteiger partial charge in [0.2, 0.25) is 0 Å². The van der Waals surface area contributed by atoms with E-state index in [0.717, 1.165) is 50.1 Å². The summed E-state index contributed by atoms with van der Waals surface area (Å²) in [4.78, 5) is 4.84. The second-order valence-electron chi connectivity index (χ2n) is 8.37. The van der Waals surface area contributed by atoms with Gasteiger partial charge in [0.15, 0.2) is 11.8 Å². The van der Waals surface area contributed by atoms with Gasteiger partial charge >= 0.3 is 0 Å². The summed E-state index contributed by atoms with van der Waals surface area (Å²) in [6.45, 7) is 5.27. The van der Waals surface area contributed by atoms with E-state index in [4.69, 9.17) is 4.99 Å². The smallest absolute Gasteiger partial charge is 0.191 e. The van der Waals surface area contributed by atoms with Crippen LogP contribution in [-0.2, 0) is 25.9 Å². The second kappa shape index (κ2) is 13.3. The average molecular weight is 559 g/mol. The van der Waals surface area contributed by atoms with Crippen LogP contribution >= 0.6 is 24.0 Å². The lowest BCUT2D eigenvalue weighted by molar-refractivity contribution is 0.604. The number of halogens is 1. The Bertz CT molecular complexity index is 987. The topological polar surface area (TPSA) is 67.1 Å². The van der Waals surface area contributed by atoms with Crippen molar-refractivity contribution in [3.05, 3.63) is 83.4 Å². The van der Waals surface area contributed by atoms with Crippen molar-refractivity contribution in [2.24, 2.45) is 4.99 Å². The zero-order chi connectivity index (χ0) is 22.0. The number of aliphatic imine (C=N–C) groups is 1. The maximum atomic E-state index is 4.84. The van der Waals surface area contributed by atoms with Crippen LogP contribution in [0, 0.1) is 0 Å². The average Bonchev–Trinajstić information content (AvgIpc) is 3.06. The molecule has 0 saturated carbocycles. The van der Waals surface area contributed by atoms with Gasteiger partial charge in [-0.1, -0.05) is 67.1 Å². The fraction of sp³-hybridized carbons (Fsp3) is 0.423. The molecule has 2 heterocycles. The highest BCUT2D eigenvalue weighted by molar-refractivity contribution is 14.0. The van der Waals surface area contributed by atoms with Crippen molar-refractivity contribution in [2.75, 3.05) is 13.1 Å². The van der Waals surface area contributed by atoms with Crippen LogP contribution in [0.25, 0.3) is 0 Å². The van der Waals surface area contributed by atoms with E-state index in [1.165, 1.54) is 30.4 Å². The highest BCUT2D eigenvalue weighted by Gasteiger charge is 2.16. The van der Waals surface area contributed by atoms with E-state index in [1.54, 1.807) is 0 Å². The third kappa shape index (κ3) is 7.28. The van der Waals surface area contributed by atoms with Crippen LogP contribution in [0.4, 0.5) is 0 Å². The van der Waals surface area contributed by atoms with Crippen LogP contribution in [0.3, 0.4) is 0 Å². The number of hydrogen-bond donors (Lipinski definition) is 2. The predicted molar refractivity (Wildman–Crippen MR) is 145 cm³/mol. The number of benzene rings is 2. The maximum absolute atomic E-state index is 4.84. The van der Waals surface area contributed by atoms with Gasteiger partial charge in [0.25, 0.3) is 0 Å². The number of nitrogens with zero attached hydrogens (tertiary/aromatic N) is 4. The van der Waals surface area contributed by atoms with E-state index in [-0.39, 0.29) is 24.0 Å². The first-order chi connectivity index (χ1) is 15.8. The summed E-state index contributed by atoms with van der Waals surface area (Å²) in [5.41, 5.74) is 2.68. The molecule has 1 atom stereocenters. The Hall–Kier alpha value is -2.42. The van der Waals surface area contributed by atoms with E-state index in [2.05, 4.69) is 93.0 Å². The molecule has 4 rings (SSSR count). The van der Waals surface area contributed by atoms with Gasteiger partial charge in [-0.3, -0.25) is 0 Å². The number of aryl methyl sites for hydroxylation is 1. The molecular formula is C26H35IN6. The Morgan fingerprint density at radius 2 is 1.73 bits per heavy atom. The highest BCUT2D eigenvalue weighted by atomic mass is 127. The van der Waals surface area contributed by atoms with Gasteiger partial charge in [0.1, 0.15) is 12.4 Å². The number of guanidine groups is 1. The normalized spacial score (nSPS) is 14.5. The molecule has 7 heteroatoms. The Morgan fingerprint density at radius 1 is 0.970 bits per heavy atom. The molecule has 1 aromatic heterocycles. The largest absolute Gasteiger partial charge is 0.357 e. The summed E-state index contributed by atoms with van der Waals surface area (Å²) in [5.74, 6) is 3.25. The van der Waals surface area contributed by atoms with Gasteiger partial charge in [-0.05, 0) is 37.3 Å². The molecule has 3 aromatic rings. The molecule has 0 aliphatic carbocycles. The van der Waals surface area contributed by atoms with Gasteiger partial charge in [-0.25, -0.2) is 4.99 Å². The summed E-state index contributed by atoms with van der Waals surface area (Å²) < 4.78 is 2.27. The number of hydrogen-bond acceptors (Lipinski definition) is 3. The Labute approximate surface area is 214 Å². The molecule has 0 spiro atoms. The number of nitrogens with one attached hydrogen (secondary N) is 2. The molecule has 0 saturated heterocycles. The van der Waals surface area contributed by atoms with Gasteiger partial charge in [-0.15, -0.1) is 34.2 Å².